The first-order valence-corrected chi connectivity index (χ1v) is 14.9. The average Bonchev–Trinajstić information content (AvgIpc) is 3.39. The van der Waals surface area contributed by atoms with Crippen LogP contribution in [0.2, 0.25) is 10.0 Å². The maximum Gasteiger partial charge on any atom is 0.251 e. The third-order valence-electron chi connectivity index (χ3n) is 8.08. The first kappa shape index (κ1) is 29.9. The summed E-state index contributed by atoms with van der Waals surface area (Å²) in [6.07, 6.45) is 2.01. The number of hydrogen-bond acceptors (Lipinski definition) is 5. The number of dihydropyridines is 1. The zero-order valence-corrected chi connectivity index (χ0v) is 25.7. The molecule has 6 rings (SSSR count). The van der Waals surface area contributed by atoms with Crippen LogP contribution in [0.15, 0.2) is 83.8 Å². The van der Waals surface area contributed by atoms with Gasteiger partial charge in [0.2, 0.25) is 0 Å². The fraction of sp³-hybridized carbons (Fsp3) is 0.235. The van der Waals surface area contributed by atoms with Gasteiger partial charge in [-0.25, -0.2) is 13.8 Å². The van der Waals surface area contributed by atoms with E-state index in [1.165, 1.54) is 13.2 Å². The molecule has 226 valence electrons. The molecule has 0 aliphatic carbocycles. The van der Waals surface area contributed by atoms with Gasteiger partial charge in [-0.15, -0.1) is 0 Å². The summed E-state index contributed by atoms with van der Waals surface area (Å²) < 4.78 is 40.8. The second-order valence-electron chi connectivity index (χ2n) is 11.0. The van der Waals surface area contributed by atoms with Gasteiger partial charge in [0.25, 0.3) is 5.91 Å². The van der Waals surface area contributed by atoms with Gasteiger partial charge in [-0.3, -0.25) is 4.79 Å². The summed E-state index contributed by atoms with van der Waals surface area (Å²) in [4.78, 5) is 18.1. The topological polar surface area (TPSA) is 72.5 Å². The number of allylic oxidation sites excluding steroid dienone is 1. The number of methoxy groups -OCH3 is 1. The smallest absolute Gasteiger partial charge is 0.251 e. The number of benzene rings is 3. The zero-order chi connectivity index (χ0) is 31.1. The van der Waals surface area contributed by atoms with Crippen LogP contribution in [0, 0.1) is 24.5 Å². The van der Waals surface area contributed by atoms with E-state index in [-0.39, 0.29) is 34.9 Å². The molecule has 2 N–H and O–H groups in total. The molecule has 1 aromatic heterocycles. The Kier molecular flexibility index (Phi) is 8.22. The number of halogens is 4. The van der Waals surface area contributed by atoms with Crippen molar-refractivity contribution in [1.29, 1.82) is 0 Å². The van der Waals surface area contributed by atoms with Crippen molar-refractivity contribution in [3.8, 4) is 5.75 Å². The van der Waals surface area contributed by atoms with Gasteiger partial charge in [0.05, 0.1) is 29.5 Å². The number of amides is 1. The Morgan fingerprint density at radius 2 is 1.89 bits per heavy atom. The summed E-state index contributed by atoms with van der Waals surface area (Å²) in [6, 6.07) is 16.2. The number of fused-ring (bicyclic) bond motifs is 1. The fourth-order valence-corrected chi connectivity index (χ4v) is 6.04. The van der Waals surface area contributed by atoms with Crippen molar-refractivity contribution in [2.24, 2.45) is 5.92 Å². The summed E-state index contributed by atoms with van der Waals surface area (Å²) in [5, 5.41) is 7.48. The zero-order valence-electron chi connectivity index (χ0n) is 24.2. The van der Waals surface area contributed by atoms with Crippen LogP contribution in [-0.4, -0.2) is 31.2 Å². The normalized spacial score (nSPS) is 18.3. The summed E-state index contributed by atoms with van der Waals surface area (Å²) >= 11 is 12.4. The largest absolute Gasteiger partial charge is 0.494 e. The maximum atomic E-state index is 15.2. The molecule has 0 radical (unpaired) electrons. The molecule has 3 aromatic carbocycles. The third kappa shape index (κ3) is 5.60. The number of nitrogens with zero attached hydrogens (tertiary/aromatic N) is 1. The molecular weight excluding hydrogens is 607 g/mol. The number of pyridine rings is 1. The van der Waals surface area contributed by atoms with E-state index in [0.29, 0.717) is 45.3 Å². The highest BCUT2D eigenvalue weighted by Gasteiger charge is 2.37. The van der Waals surface area contributed by atoms with Crippen LogP contribution in [0.3, 0.4) is 0 Å². The molecule has 0 fully saturated rings. The molecule has 44 heavy (non-hydrogen) atoms. The van der Waals surface area contributed by atoms with Gasteiger partial charge >= 0.3 is 0 Å². The van der Waals surface area contributed by atoms with E-state index in [4.69, 9.17) is 32.7 Å². The Bertz CT molecular complexity index is 1850. The van der Waals surface area contributed by atoms with Crippen LogP contribution < -0.4 is 15.4 Å². The van der Waals surface area contributed by atoms with Crippen LogP contribution in [0.4, 0.5) is 8.78 Å². The van der Waals surface area contributed by atoms with E-state index in [1.54, 1.807) is 25.1 Å². The number of carbonyl (C=O) groups is 1. The van der Waals surface area contributed by atoms with Crippen molar-refractivity contribution < 1.29 is 23.0 Å². The monoisotopic (exact) mass is 635 g/mol. The Morgan fingerprint density at radius 3 is 2.64 bits per heavy atom. The molecule has 2 aliphatic heterocycles. The lowest BCUT2D eigenvalue weighted by atomic mass is 9.87. The number of aromatic nitrogens is 1. The summed E-state index contributed by atoms with van der Waals surface area (Å²) in [5.74, 6) is -1.15. The van der Waals surface area contributed by atoms with Crippen molar-refractivity contribution >= 4 is 40.0 Å². The molecule has 10 heteroatoms. The number of rotatable bonds is 7. The van der Waals surface area contributed by atoms with Crippen molar-refractivity contribution in [2.45, 2.75) is 25.8 Å². The molecule has 2 aliphatic rings. The van der Waals surface area contributed by atoms with Crippen molar-refractivity contribution in [1.82, 2.24) is 15.6 Å². The Labute approximate surface area is 263 Å². The van der Waals surface area contributed by atoms with Gasteiger partial charge < -0.3 is 20.1 Å². The summed E-state index contributed by atoms with van der Waals surface area (Å²) in [6.45, 7) is 4.48. The van der Waals surface area contributed by atoms with Crippen molar-refractivity contribution in [2.75, 3.05) is 20.3 Å². The van der Waals surface area contributed by atoms with Gasteiger partial charge in [0.1, 0.15) is 34.7 Å². The maximum absolute atomic E-state index is 15.2. The molecule has 3 unspecified atom stereocenters. The molecule has 0 spiro atoms. The highest BCUT2D eigenvalue weighted by Crippen LogP contribution is 2.42. The highest BCUT2D eigenvalue weighted by atomic mass is 35.5. The number of aryl methyl sites for hydroxylation is 1. The first-order valence-electron chi connectivity index (χ1n) is 14.1. The lowest BCUT2D eigenvalue weighted by molar-refractivity contribution is 0.0951. The van der Waals surface area contributed by atoms with Crippen LogP contribution in [0.5, 0.6) is 5.75 Å². The molecule has 6 nitrogen and oxygen atoms in total. The van der Waals surface area contributed by atoms with E-state index in [9.17, 15) is 9.18 Å². The quantitative estimate of drug-likeness (QED) is 0.203. The second kappa shape index (κ2) is 12.1. The van der Waals surface area contributed by atoms with E-state index in [2.05, 4.69) is 15.6 Å². The fourth-order valence-electron chi connectivity index (χ4n) is 5.71. The van der Waals surface area contributed by atoms with Gasteiger partial charge in [-0.05, 0) is 42.8 Å². The van der Waals surface area contributed by atoms with Gasteiger partial charge in [-0.1, -0.05) is 60.5 Å². The molecule has 1 amide bonds. The van der Waals surface area contributed by atoms with Gasteiger partial charge in [0, 0.05) is 52.2 Å². The Hall–Kier alpha value is -4.14. The first-order chi connectivity index (χ1) is 21.1. The minimum absolute atomic E-state index is 0.0451. The molecule has 4 aromatic rings. The second-order valence-corrected chi connectivity index (χ2v) is 11.8. The van der Waals surface area contributed by atoms with Crippen LogP contribution >= 0.6 is 23.2 Å². The van der Waals surface area contributed by atoms with Crippen molar-refractivity contribution in [3.05, 3.63) is 128 Å². The standard InChI is InChI=1S/C34H29Cl2F2N3O3/c1-17-16-44-33-22(17)13-29(41-32(33)23-12-26(36)28(38)14-27(23)37)24(19-7-5-4-6-8-19)15-39-34(42)21-9-20-10-25(35)18(2)40-31(20)30(11-21)43-3/h4-14,17,24,32,41H,15-16H2,1-3H3,(H,39,42). The Morgan fingerprint density at radius 1 is 1.11 bits per heavy atom. The number of nitrogens with one attached hydrogen (secondary N) is 2. The number of hydrogen-bond donors (Lipinski definition) is 2. The molecule has 0 saturated carbocycles. The number of carbonyl (C=O) groups excluding carboxylic acids is 1. The van der Waals surface area contributed by atoms with Gasteiger partial charge in [0.15, 0.2) is 0 Å². The van der Waals surface area contributed by atoms with E-state index in [1.807, 2.05) is 43.3 Å². The molecule has 3 atom stereocenters. The van der Waals surface area contributed by atoms with E-state index in [0.717, 1.165) is 22.9 Å². The van der Waals surface area contributed by atoms with E-state index >= 15 is 4.39 Å². The summed E-state index contributed by atoms with van der Waals surface area (Å²) in [7, 11) is 1.53. The molecule has 0 bridgehead atoms. The van der Waals surface area contributed by atoms with Crippen molar-refractivity contribution in [3.63, 3.8) is 0 Å². The minimum atomic E-state index is -0.835. The molecular formula is C34H29Cl2F2N3O3. The van der Waals surface area contributed by atoms with E-state index < -0.39 is 17.7 Å². The molecule has 3 heterocycles. The van der Waals surface area contributed by atoms with Crippen LogP contribution in [0.25, 0.3) is 10.9 Å². The van der Waals surface area contributed by atoms with Gasteiger partial charge in [-0.2, -0.15) is 0 Å². The van der Waals surface area contributed by atoms with Crippen LogP contribution in [-0.2, 0) is 4.74 Å². The number of ether oxygens (including phenoxy) is 2. The average molecular weight is 637 g/mol. The predicted molar refractivity (Wildman–Crippen MR) is 167 cm³/mol. The lowest BCUT2D eigenvalue weighted by Crippen LogP contribution is -2.35. The highest BCUT2D eigenvalue weighted by molar-refractivity contribution is 6.32. The predicted octanol–water partition coefficient (Wildman–Crippen LogP) is 7.80. The Balaban J connectivity index is 1.35. The third-order valence-corrected chi connectivity index (χ3v) is 8.75. The minimum Gasteiger partial charge on any atom is -0.494 e. The SMILES string of the molecule is COc1cc(C(=O)NCC(C2=CC3=C(OCC3C)C(c3cc(Cl)c(F)cc3F)N2)c2ccccc2)cc2cc(Cl)c(C)nc12. The summed E-state index contributed by atoms with van der Waals surface area (Å²) in [5.41, 5.74) is 4.43. The lowest BCUT2D eigenvalue weighted by Gasteiger charge is -2.32. The van der Waals surface area contributed by atoms with Crippen LogP contribution in [0.1, 0.15) is 46.1 Å². The molecule has 0 saturated heterocycles.